The molecule has 42 heavy (non-hydrogen) atoms. The predicted octanol–water partition coefficient (Wildman–Crippen LogP) is 6.25. The lowest BCUT2D eigenvalue weighted by molar-refractivity contribution is -0.148. The van der Waals surface area contributed by atoms with Crippen molar-refractivity contribution in [1.82, 2.24) is 19.7 Å². The number of aromatic hydroxyl groups is 1. The molecule has 0 spiro atoms. The number of phenolic OH excluding ortho intramolecular Hbond substituents is 1. The van der Waals surface area contributed by atoms with Crippen LogP contribution >= 0.6 is 11.3 Å². The van der Waals surface area contributed by atoms with Crippen molar-refractivity contribution in [1.29, 1.82) is 0 Å². The van der Waals surface area contributed by atoms with Gasteiger partial charge in [0.2, 0.25) is 0 Å². The molecule has 5 aromatic rings. The lowest BCUT2D eigenvalue weighted by atomic mass is 9.81. The smallest absolute Gasteiger partial charge is 0.340 e. The van der Waals surface area contributed by atoms with Gasteiger partial charge in [-0.1, -0.05) is 31.2 Å². The molecule has 2 unspecified atom stereocenters. The fraction of sp³-hybridized carbons (Fsp3) is 0.167. The van der Waals surface area contributed by atoms with E-state index in [1.54, 1.807) is 6.92 Å². The number of thiazole rings is 1. The number of carbonyl (C=O) groups excluding carboxylic acids is 1. The molecule has 214 valence electrons. The molecule has 12 heteroatoms. The van der Waals surface area contributed by atoms with E-state index in [-0.39, 0.29) is 23.4 Å². The molecule has 2 aromatic heterocycles. The molecule has 0 saturated carbocycles. The van der Waals surface area contributed by atoms with Crippen molar-refractivity contribution in [2.75, 3.05) is 6.79 Å². The third-order valence-electron chi connectivity index (χ3n) is 6.78. The molecule has 0 radical (unpaired) electrons. The van der Waals surface area contributed by atoms with Gasteiger partial charge in [0.15, 0.2) is 6.79 Å². The Morgan fingerprint density at radius 3 is 2.67 bits per heavy atom. The van der Waals surface area contributed by atoms with Crippen LogP contribution in [0.3, 0.4) is 0 Å². The van der Waals surface area contributed by atoms with Crippen molar-refractivity contribution in [2.45, 2.75) is 25.0 Å². The van der Waals surface area contributed by atoms with Crippen LogP contribution in [-0.4, -0.2) is 44.3 Å². The average Bonchev–Trinajstić information content (AvgIpc) is 3.69. The largest absolute Gasteiger partial charge is 0.508 e. The van der Waals surface area contributed by atoms with Crippen LogP contribution in [0, 0.1) is 11.6 Å². The minimum absolute atomic E-state index is 0.0125. The average molecular weight is 590 g/mol. The van der Waals surface area contributed by atoms with Gasteiger partial charge >= 0.3 is 5.97 Å². The van der Waals surface area contributed by atoms with E-state index in [2.05, 4.69) is 21.8 Å². The Labute approximate surface area is 243 Å². The first kappa shape index (κ1) is 28.7. The molecule has 9 nitrogen and oxygen atoms in total. The van der Waals surface area contributed by atoms with Gasteiger partial charge < -0.3 is 14.6 Å². The zero-order valence-electron chi connectivity index (χ0n) is 22.4. The summed E-state index contributed by atoms with van der Waals surface area (Å²) in [5.74, 6) is -3.15. The van der Waals surface area contributed by atoms with Crippen molar-refractivity contribution < 1.29 is 28.2 Å². The Morgan fingerprint density at radius 2 is 1.98 bits per heavy atom. The highest BCUT2D eigenvalue weighted by molar-refractivity contribution is 7.10. The quantitative estimate of drug-likeness (QED) is 0.110. The second-order valence-corrected chi connectivity index (χ2v) is 10.2. The Bertz CT molecular complexity index is 1690. The molecule has 5 rings (SSSR count). The number of carbonyl (C=O) groups is 1. The van der Waals surface area contributed by atoms with Crippen molar-refractivity contribution in [3.63, 3.8) is 0 Å². The van der Waals surface area contributed by atoms with Crippen LogP contribution in [-0.2, 0) is 21.6 Å². The zero-order chi connectivity index (χ0) is 29.7. The van der Waals surface area contributed by atoms with Crippen LogP contribution in [0.2, 0.25) is 0 Å². The van der Waals surface area contributed by atoms with E-state index in [1.165, 1.54) is 59.0 Å². The van der Waals surface area contributed by atoms with E-state index >= 15 is 4.39 Å². The minimum Gasteiger partial charge on any atom is -0.508 e. The molecular weight excluding hydrogens is 564 g/mol. The number of hydrogen-bond donors (Lipinski definition) is 1. The minimum atomic E-state index is -1.59. The standard InChI is InChI=1S/C30H25F2N5O4S/c1-19(28-36-27(14-42-28)20-6-9-23(33-2)10-7-20)30(15-37-17-34-16-35-37,25-11-8-22(31)13-26(25)32)41-18-40-29(39)21-4-3-5-24(38)12-21/h3-14,16-17,19,38H,2,15,18H2,1H3. The molecule has 0 bridgehead atoms. The Balaban J connectivity index is 1.53. The van der Waals surface area contributed by atoms with Crippen LogP contribution in [0.25, 0.3) is 11.3 Å². The van der Waals surface area contributed by atoms with E-state index in [0.29, 0.717) is 10.7 Å². The maximum Gasteiger partial charge on any atom is 0.340 e. The van der Waals surface area contributed by atoms with E-state index in [9.17, 15) is 14.3 Å². The maximum atomic E-state index is 15.6. The third kappa shape index (κ3) is 6.09. The Hall–Kier alpha value is -4.81. The first-order chi connectivity index (χ1) is 20.3. The number of benzene rings is 3. The molecule has 0 fully saturated rings. The number of hydrogen-bond acceptors (Lipinski definition) is 9. The molecule has 1 N–H and O–H groups in total. The normalized spacial score (nSPS) is 13.3. The van der Waals surface area contributed by atoms with Crippen molar-refractivity contribution >= 4 is 29.7 Å². The summed E-state index contributed by atoms with van der Waals surface area (Å²) in [4.78, 5) is 25.4. The number of rotatable bonds is 11. The number of aromatic nitrogens is 4. The molecule has 2 atom stereocenters. The summed E-state index contributed by atoms with van der Waals surface area (Å²) < 4.78 is 42.7. The predicted molar refractivity (Wildman–Crippen MR) is 153 cm³/mol. The van der Waals surface area contributed by atoms with E-state index in [0.717, 1.165) is 23.4 Å². The van der Waals surface area contributed by atoms with Crippen molar-refractivity contribution in [3.05, 3.63) is 113 Å². The van der Waals surface area contributed by atoms with Crippen LogP contribution < -0.4 is 0 Å². The number of nitrogens with zero attached hydrogens (tertiary/aromatic N) is 5. The van der Waals surface area contributed by atoms with Gasteiger partial charge in [0.05, 0.1) is 28.5 Å². The number of phenols is 1. The highest BCUT2D eigenvalue weighted by Gasteiger charge is 2.45. The molecule has 0 amide bonds. The van der Waals surface area contributed by atoms with Crippen molar-refractivity contribution in [2.24, 2.45) is 4.99 Å². The first-order valence-corrected chi connectivity index (χ1v) is 13.6. The van der Waals surface area contributed by atoms with E-state index in [4.69, 9.17) is 14.5 Å². The van der Waals surface area contributed by atoms with E-state index < -0.39 is 35.9 Å². The lowest BCUT2D eigenvalue weighted by Crippen LogP contribution is -2.42. The van der Waals surface area contributed by atoms with Gasteiger partial charge in [-0.2, -0.15) is 5.10 Å². The summed E-state index contributed by atoms with van der Waals surface area (Å²) in [5.41, 5.74) is 0.767. The Morgan fingerprint density at radius 1 is 1.17 bits per heavy atom. The van der Waals surface area contributed by atoms with Crippen LogP contribution in [0.1, 0.15) is 33.8 Å². The summed E-state index contributed by atoms with van der Waals surface area (Å²) in [5, 5.41) is 16.4. The fourth-order valence-corrected chi connectivity index (χ4v) is 5.52. The van der Waals surface area contributed by atoms with Gasteiger partial charge in [-0.15, -0.1) is 11.3 Å². The molecule has 0 aliphatic heterocycles. The highest BCUT2D eigenvalue weighted by Crippen LogP contribution is 2.44. The van der Waals surface area contributed by atoms with Gasteiger partial charge in [-0.25, -0.2) is 28.2 Å². The molecule has 0 aliphatic rings. The zero-order valence-corrected chi connectivity index (χ0v) is 23.2. The van der Waals surface area contributed by atoms with Crippen molar-refractivity contribution in [3.8, 4) is 17.0 Å². The van der Waals surface area contributed by atoms with Gasteiger partial charge in [0.25, 0.3) is 0 Å². The summed E-state index contributed by atoms with van der Waals surface area (Å²) >= 11 is 1.34. The molecule has 0 saturated heterocycles. The molecule has 3 aromatic carbocycles. The SMILES string of the molecule is C=Nc1ccc(-c2csc(C(C)C(Cn3cncn3)(OCOC(=O)c3cccc(O)c3)c3ccc(F)cc3F)n2)cc1. The van der Waals surface area contributed by atoms with Crippen LogP contribution in [0.5, 0.6) is 5.75 Å². The highest BCUT2D eigenvalue weighted by atomic mass is 32.1. The van der Waals surface area contributed by atoms with Gasteiger partial charge in [0.1, 0.15) is 35.6 Å². The summed E-state index contributed by atoms with van der Waals surface area (Å²) in [6.07, 6.45) is 2.76. The van der Waals surface area contributed by atoms with E-state index in [1.807, 2.05) is 29.6 Å². The monoisotopic (exact) mass is 589 g/mol. The Kier molecular flexibility index (Phi) is 8.46. The van der Waals surface area contributed by atoms with Crippen LogP contribution in [0.4, 0.5) is 14.5 Å². The fourth-order valence-electron chi connectivity index (χ4n) is 4.55. The molecule has 0 aliphatic carbocycles. The number of halogens is 2. The number of aliphatic imine (C=N–C) groups is 1. The lowest BCUT2D eigenvalue weighted by Gasteiger charge is -2.38. The number of esters is 1. The second kappa shape index (κ2) is 12.4. The summed E-state index contributed by atoms with van der Waals surface area (Å²) in [7, 11) is 0. The molecular formula is C30H25F2N5O4S. The number of ether oxygens (including phenoxy) is 2. The third-order valence-corrected chi connectivity index (χ3v) is 7.80. The topological polar surface area (TPSA) is 112 Å². The molecule has 2 heterocycles. The summed E-state index contributed by atoms with van der Waals surface area (Å²) in [6, 6.07) is 16.2. The van der Waals surface area contributed by atoms with Gasteiger partial charge in [-0.3, -0.25) is 4.99 Å². The van der Waals surface area contributed by atoms with Crippen LogP contribution in [0.15, 0.2) is 89.8 Å². The first-order valence-electron chi connectivity index (χ1n) is 12.7. The van der Waals surface area contributed by atoms with Gasteiger partial charge in [0, 0.05) is 28.5 Å². The van der Waals surface area contributed by atoms with Gasteiger partial charge in [-0.05, 0) is 43.1 Å². The maximum absolute atomic E-state index is 15.6. The summed E-state index contributed by atoms with van der Waals surface area (Å²) in [6.45, 7) is 4.65. The second-order valence-electron chi connectivity index (χ2n) is 9.35.